The number of esters is 1. The quantitative estimate of drug-likeness (QED) is 0.348. The minimum absolute atomic E-state index is 0.123. The molecule has 2 N–H and O–H groups in total. The van der Waals surface area contributed by atoms with Crippen LogP contribution in [0.25, 0.3) is 0 Å². The lowest BCUT2D eigenvalue weighted by atomic mass is 9.76. The van der Waals surface area contributed by atoms with Gasteiger partial charge >= 0.3 is 5.97 Å². The van der Waals surface area contributed by atoms with Crippen molar-refractivity contribution >= 4 is 5.97 Å². The van der Waals surface area contributed by atoms with Crippen molar-refractivity contribution in [1.29, 1.82) is 0 Å². The van der Waals surface area contributed by atoms with Gasteiger partial charge in [-0.1, -0.05) is 91.0 Å². The van der Waals surface area contributed by atoms with Gasteiger partial charge in [-0.05, 0) is 23.6 Å². The summed E-state index contributed by atoms with van der Waals surface area (Å²) in [5, 5.41) is 22.5. The second-order valence-electron chi connectivity index (χ2n) is 9.44. The molecule has 6 atom stereocenters. The van der Waals surface area contributed by atoms with E-state index >= 15 is 0 Å². The fourth-order valence-electron chi connectivity index (χ4n) is 4.82. The molecule has 0 radical (unpaired) electrons. The molecule has 3 aromatic rings. The molecule has 0 saturated heterocycles. The van der Waals surface area contributed by atoms with E-state index in [1.54, 1.807) is 6.92 Å². The van der Waals surface area contributed by atoms with Crippen LogP contribution in [-0.4, -0.2) is 53.3 Å². The highest BCUT2D eigenvalue weighted by Crippen LogP contribution is 2.36. The molecule has 0 aliphatic heterocycles. The summed E-state index contributed by atoms with van der Waals surface area (Å²) in [6.45, 7) is 2.65. The Morgan fingerprint density at radius 2 is 1.05 bits per heavy atom. The summed E-state index contributed by atoms with van der Waals surface area (Å²) in [6.07, 6.45) is -5.11. The van der Waals surface area contributed by atoms with Gasteiger partial charge in [-0.25, -0.2) is 0 Å². The third-order valence-electron chi connectivity index (χ3n) is 6.76. The van der Waals surface area contributed by atoms with Crippen LogP contribution in [0.2, 0.25) is 0 Å². The van der Waals surface area contributed by atoms with E-state index in [0.717, 1.165) is 16.7 Å². The molecule has 1 fully saturated rings. The maximum absolute atomic E-state index is 12.5. The number of ether oxygens (including phenoxy) is 4. The van der Waals surface area contributed by atoms with Crippen molar-refractivity contribution in [2.24, 2.45) is 5.92 Å². The highest BCUT2D eigenvalue weighted by atomic mass is 16.6. The molecule has 3 aromatic carbocycles. The summed E-state index contributed by atoms with van der Waals surface area (Å²) in [7, 11) is 0. The molecule has 0 unspecified atom stereocenters. The number of benzene rings is 3. The lowest BCUT2D eigenvalue weighted by Gasteiger charge is -2.47. The van der Waals surface area contributed by atoms with Gasteiger partial charge in [-0.2, -0.15) is 0 Å². The molecule has 7 nitrogen and oxygen atoms in total. The molecule has 1 saturated carbocycles. The first-order valence-corrected chi connectivity index (χ1v) is 13.0. The monoisotopic (exact) mass is 520 g/mol. The normalized spacial score (nSPS) is 25.1. The topological polar surface area (TPSA) is 94.5 Å². The summed E-state index contributed by atoms with van der Waals surface area (Å²) in [5.41, 5.74) is 2.80. The van der Waals surface area contributed by atoms with Gasteiger partial charge in [-0.3, -0.25) is 4.79 Å². The zero-order chi connectivity index (χ0) is 26.7. The second-order valence-corrected chi connectivity index (χ2v) is 9.44. The number of rotatable bonds is 12. The number of carbonyl (C=O) groups excluding carboxylic acids is 1. The predicted molar refractivity (Wildman–Crippen MR) is 142 cm³/mol. The smallest absolute Gasteiger partial charge is 0.306 e. The first-order valence-electron chi connectivity index (χ1n) is 13.0. The third kappa shape index (κ3) is 7.49. The van der Waals surface area contributed by atoms with Gasteiger partial charge in [-0.15, -0.1) is 0 Å². The minimum Gasteiger partial charge on any atom is -0.466 e. The molecule has 0 amide bonds. The zero-order valence-electron chi connectivity index (χ0n) is 21.6. The molecule has 7 heteroatoms. The zero-order valence-corrected chi connectivity index (χ0v) is 21.6. The summed E-state index contributed by atoms with van der Waals surface area (Å²) >= 11 is 0. The number of hydrogen-bond acceptors (Lipinski definition) is 7. The Labute approximate surface area is 223 Å². The van der Waals surface area contributed by atoms with E-state index in [2.05, 4.69) is 0 Å². The minimum atomic E-state index is -1.30. The van der Waals surface area contributed by atoms with Crippen LogP contribution in [0.4, 0.5) is 0 Å². The van der Waals surface area contributed by atoms with E-state index in [4.69, 9.17) is 18.9 Å². The fourth-order valence-corrected chi connectivity index (χ4v) is 4.82. The summed E-state index contributed by atoms with van der Waals surface area (Å²) < 4.78 is 24.1. The van der Waals surface area contributed by atoms with Crippen molar-refractivity contribution in [2.45, 2.75) is 63.7 Å². The Hall–Kier alpha value is -3.07. The van der Waals surface area contributed by atoms with Crippen molar-refractivity contribution in [1.82, 2.24) is 0 Å². The summed E-state index contributed by atoms with van der Waals surface area (Å²) in [4.78, 5) is 12.5. The van der Waals surface area contributed by atoms with Crippen molar-refractivity contribution in [3.05, 3.63) is 108 Å². The van der Waals surface area contributed by atoms with Crippen LogP contribution >= 0.6 is 0 Å². The SMILES string of the molecule is CCOC(=O)C[C@@H]1[C@H](O)[C@H](O)[C@@H](OCc2ccccc2)[C@H](OCc2ccccc2)[C@H]1OCc1ccccc1. The molecule has 1 aliphatic rings. The first kappa shape index (κ1) is 28.0. The Morgan fingerprint density at radius 3 is 1.50 bits per heavy atom. The first-order chi connectivity index (χ1) is 18.6. The van der Waals surface area contributed by atoms with Gasteiger partial charge in [0.05, 0.1) is 45.1 Å². The maximum Gasteiger partial charge on any atom is 0.306 e. The van der Waals surface area contributed by atoms with Crippen LogP contribution in [0.1, 0.15) is 30.0 Å². The largest absolute Gasteiger partial charge is 0.466 e. The standard InChI is InChI=1S/C31H36O7/c1-2-35-26(32)18-25-27(33)28(34)30(37-20-23-14-8-4-9-15-23)31(38-21-24-16-10-5-11-17-24)29(25)36-19-22-12-6-3-7-13-22/h3-17,25,27-31,33-34H,2,18-21H2,1H3/t25-,27+,28+,29+,30-,31-/m1/s1. The van der Waals surface area contributed by atoms with E-state index in [0.29, 0.717) is 0 Å². The molecule has 0 bridgehead atoms. The second kappa shape index (κ2) is 14.2. The van der Waals surface area contributed by atoms with Gasteiger partial charge in [0.25, 0.3) is 0 Å². The molecular formula is C31H36O7. The Balaban J connectivity index is 1.62. The molecule has 0 heterocycles. The predicted octanol–water partition coefficient (Wildman–Crippen LogP) is 4.05. The molecule has 1 aliphatic carbocycles. The number of carbonyl (C=O) groups is 1. The maximum atomic E-state index is 12.5. The molecule has 4 rings (SSSR count). The Bertz CT molecular complexity index is 1090. The average molecular weight is 521 g/mol. The molecule has 202 valence electrons. The highest BCUT2D eigenvalue weighted by molar-refractivity contribution is 5.69. The van der Waals surface area contributed by atoms with Gasteiger partial charge in [0.1, 0.15) is 18.3 Å². The van der Waals surface area contributed by atoms with E-state index < -0.39 is 42.4 Å². The van der Waals surface area contributed by atoms with E-state index in [-0.39, 0.29) is 32.8 Å². The third-order valence-corrected chi connectivity index (χ3v) is 6.76. The fraction of sp³-hybridized carbons (Fsp3) is 0.387. The van der Waals surface area contributed by atoms with Crippen LogP contribution in [0.5, 0.6) is 0 Å². The average Bonchev–Trinajstić information content (AvgIpc) is 2.95. The highest BCUT2D eigenvalue weighted by Gasteiger charge is 2.52. The lowest BCUT2D eigenvalue weighted by molar-refractivity contribution is -0.250. The van der Waals surface area contributed by atoms with E-state index in [9.17, 15) is 15.0 Å². The summed E-state index contributed by atoms with van der Waals surface area (Å²) in [5.74, 6) is -1.23. The lowest BCUT2D eigenvalue weighted by Crippen LogP contribution is -2.63. The van der Waals surface area contributed by atoms with Crippen LogP contribution in [0.3, 0.4) is 0 Å². The van der Waals surface area contributed by atoms with Crippen molar-refractivity contribution in [2.75, 3.05) is 6.61 Å². The molecule has 0 spiro atoms. The Morgan fingerprint density at radius 1 is 0.632 bits per heavy atom. The van der Waals surface area contributed by atoms with Crippen LogP contribution in [0, 0.1) is 5.92 Å². The van der Waals surface area contributed by atoms with Gasteiger partial charge < -0.3 is 29.2 Å². The summed E-state index contributed by atoms with van der Waals surface area (Å²) in [6, 6.07) is 28.9. The van der Waals surface area contributed by atoms with E-state index in [1.165, 1.54) is 0 Å². The Kier molecular flexibility index (Phi) is 10.4. The number of aliphatic hydroxyl groups excluding tert-OH is 2. The van der Waals surface area contributed by atoms with Gasteiger partial charge in [0.2, 0.25) is 0 Å². The molecular weight excluding hydrogens is 484 g/mol. The molecule has 38 heavy (non-hydrogen) atoms. The number of hydrogen-bond donors (Lipinski definition) is 2. The molecule has 0 aromatic heterocycles. The number of aliphatic hydroxyl groups is 2. The van der Waals surface area contributed by atoms with Crippen molar-refractivity contribution < 1.29 is 34.0 Å². The van der Waals surface area contributed by atoms with Gasteiger partial charge in [0, 0.05) is 5.92 Å². The van der Waals surface area contributed by atoms with Crippen LogP contribution in [0.15, 0.2) is 91.0 Å². The van der Waals surface area contributed by atoms with Gasteiger partial charge in [0.15, 0.2) is 0 Å². The van der Waals surface area contributed by atoms with Crippen molar-refractivity contribution in [3.8, 4) is 0 Å². The van der Waals surface area contributed by atoms with E-state index in [1.807, 2.05) is 91.0 Å². The van der Waals surface area contributed by atoms with Crippen LogP contribution < -0.4 is 0 Å². The van der Waals surface area contributed by atoms with Crippen molar-refractivity contribution in [3.63, 3.8) is 0 Å². The van der Waals surface area contributed by atoms with Crippen LogP contribution in [-0.2, 0) is 43.6 Å².